The SMILES string of the molecule is C=CC[C@H](c1c(Cl)ccc(Br)c1O)N1CCNCC1.Cl.Cl. The van der Waals surface area contributed by atoms with E-state index in [-0.39, 0.29) is 36.6 Å². The Morgan fingerprint density at radius 3 is 2.57 bits per heavy atom. The number of hydrogen-bond donors (Lipinski definition) is 2. The van der Waals surface area contributed by atoms with Crippen molar-refractivity contribution in [2.75, 3.05) is 26.2 Å². The van der Waals surface area contributed by atoms with Gasteiger partial charge in [-0.1, -0.05) is 17.7 Å². The third-order valence-corrected chi connectivity index (χ3v) is 4.40. The minimum absolute atomic E-state index is 0. The molecule has 1 fully saturated rings. The van der Waals surface area contributed by atoms with Gasteiger partial charge in [0.2, 0.25) is 0 Å². The van der Waals surface area contributed by atoms with Gasteiger partial charge in [0, 0.05) is 42.8 Å². The summed E-state index contributed by atoms with van der Waals surface area (Å²) >= 11 is 9.65. The fraction of sp³-hybridized carbons (Fsp3) is 0.429. The van der Waals surface area contributed by atoms with Crippen LogP contribution < -0.4 is 5.32 Å². The topological polar surface area (TPSA) is 35.5 Å². The van der Waals surface area contributed by atoms with E-state index in [0.29, 0.717) is 9.50 Å². The molecule has 120 valence electrons. The van der Waals surface area contributed by atoms with Gasteiger partial charge < -0.3 is 10.4 Å². The van der Waals surface area contributed by atoms with Crippen LogP contribution in [0.5, 0.6) is 5.75 Å². The first-order valence-corrected chi connectivity index (χ1v) is 7.54. The van der Waals surface area contributed by atoms with E-state index in [1.165, 1.54) is 0 Å². The van der Waals surface area contributed by atoms with Crippen LogP contribution in [0.2, 0.25) is 5.02 Å². The van der Waals surface area contributed by atoms with Crippen LogP contribution in [0.25, 0.3) is 0 Å². The molecule has 0 aliphatic carbocycles. The summed E-state index contributed by atoms with van der Waals surface area (Å²) in [5, 5.41) is 14.2. The highest BCUT2D eigenvalue weighted by Crippen LogP contribution is 2.41. The minimum atomic E-state index is 0. The molecule has 1 saturated heterocycles. The Bertz CT molecular complexity index is 468. The zero-order valence-electron chi connectivity index (χ0n) is 11.5. The summed E-state index contributed by atoms with van der Waals surface area (Å²) in [6, 6.07) is 3.66. The summed E-state index contributed by atoms with van der Waals surface area (Å²) < 4.78 is 0.677. The molecular formula is C14H20BrCl3N2O. The van der Waals surface area contributed by atoms with E-state index in [1.807, 2.05) is 12.1 Å². The van der Waals surface area contributed by atoms with E-state index < -0.39 is 0 Å². The lowest BCUT2D eigenvalue weighted by molar-refractivity contribution is 0.172. The van der Waals surface area contributed by atoms with E-state index in [2.05, 4.69) is 32.7 Å². The molecule has 1 aromatic rings. The number of phenolic OH excluding ortho intramolecular Hbond substituents is 1. The Balaban J connectivity index is 0.00000200. The van der Waals surface area contributed by atoms with Crippen LogP contribution in [0.4, 0.5) is 0 Å². The monoisotopic (exact) mass is 416 g/mol. The number of rotatable bonds is 4. The standard InChI is InChI=1S/C14H18BrClN2O.2ClH/c1-2-3-12(18-8-6-17-7-9-18)13-11(16)5-4-10(15)14(13)19;;/h2,4-5,12,17,19H,1,3,6-9H2;2*1H/t12-;;/m1../s1. The highest BCUT2D eigenvalue weighted by atomic mass is 79.9. The number of halogens is 4. The lowest BCUT2D eigenvalue weighted by atomic mass is 10.00. The number of nitrogens with zero attached hydrogens (tertiary/aromatic N) is 1. The fourth-order valence-electron chi connectivity index (χ4n) is 2.47. The molecule has 0 spiro atoms. The second kappa shape index (κ2) is 9.93. The minimum Gasteiger partial charge on any atom is -0.506 e. The van der Waals surface area contributed by atoms with Gasteiger partial charge >= 0.3 is 0 Å². The van der Waals surface area contributed by atoms with Crippen molar-refractivity contribution < 1.29 is 5.11 Å². The lowest BCUT2D eigenvalue weighted by Crippen LogP contribution is -2.45. The Morgan fingerprint density at radius 1 is 1.38 bits per heavy atom. The van der Waals surface area contributed by atoms with Gasteiger partial charge in [-0.25, -0.2) is 0 Å². The van der Waals surface area contributed by atoms with Crippen molar-refractivity contribution in [1.82, 2.24) is 10.2 Å². The molecule has 1 aromatic carbocycles. The normalized spacial score (nSPS) is 16.5. The Labute approximate surface area is 151 Å². The first kappa shape index (κ1) is 21.0. The van der Waals surface area contributed by atoms with Gasteiger partial charge in [-0.2, -0.15) is 0 Å². The van der Waals surface area contributed by atoms with Gasteiger partial charge in [0.1, 0.15) is 5.75 Å². The molecule has 0 radical (unpaired) electrons. The van der Waals surface area contributed by atoms with Gasteiger partial charge in [-0.05, 0) is 34.5 Å². The van der Waals surface area contributed by atoms with Crippen molar-refractivity contribution >= 4 is 52.3 Å². The second-order valence-corrected chi connectivity index (χ2v) is 5.88. The smallest absolute Gasteiger partial charge is 0.136 e. The predicted molar refractivity (Wildman–Crippen MR) is 97.3 cm³/mol. The van der Waals surface area contributed by atoms with Crippen molar-refractivity contribution in [3.8, 4) is 5.75 Å². The lowest BCUT2D eigenvalue weighted by Gasteiger charge is -2.35. The van der Waals surface area contributed by atoms with Gasteiger partial charge in [0.05, 0.1) is 4.47 Å². The van der Waals surface area contributed by atoms with E-state index in [9.17, 15) is 5.11 Å². The van der Waals surface area contributed by atoms with Crippen molar-refractivity contribution in [3.05, 3.63) is 39.8 Å². The molecule has 0 unspecified atom stereocenters. The molecule has 0 amide bonds. The maximum atomic E-state index is 10.3. The summed E-state index contributed by atoms with van der Waals surface area (Å²) in [6.45, 7) is 7.63. The number of nitrogens with one attached hydrogen (secondary N) is 1. The van der Waals surface area contributed by atoms with Crippen molar-refractivity contribution in [1.29, 1.82) is 0 Å². The largest absolute Gasteiger partial charge is 0.506 e. The Morgan fingerprint density at radius 2 is 2.00 bits per heavy atom. The van der Waals surface area contributed by atoms with Crippen LogP contribution >= 0.6 is 52.3 Å². The van der Waals surface area contributed by atoms with Gasteiger partial charge in [-0.3, -0.25) is 4.90 Å². The molecule has 0 bridgehead atoms. The van der Waals surface area contributed by atoms with Crippen LogP contribution in [0, 0.1) is 0 Å². The number of piperazine rings is 1. The predicted octanol–water partition coefficient (Wildman–Crippen LogP) is 4.17. The first-order valence-electron chi connectivity index (χ1n) is 6.37. The zero-order chi connectivity index (χ0) is 13.8. The Kier molecular flexibility index (Phi) is 9.94. The molecule has 0 aromatic heterocycles. The molecule has 1 heterocycles. The summed E-state index contributed by atoms with van der Waals surface area (Å²) in [7, 11) is 0. The Hall–Kier alpha value is 0.0300. The average molecular weight is 419 g/mol. The summed E-state index contributed by atoms with van der Waals surface area (Å²) in [5.74, 6) is 0.234. The zero-order valence-corrected chi connectivity index (χ0v) is 15.5. The van der Waals surface area contributed by atoms with E-state index in [0.717, 1.165) is 38.2 Å². The molecule has 1 aliphatic rings. The molecule has 2 rings (SSSR count). The third kappa shape index (κ3) is 5.02. The first-order chi connectivity index (χ1) is 9.15. The molecule has 21 heavy (non-hydrogen) atoms. The summed E-state index contributed by atoms with van der Waals surface area (Å²) in [4.78, 5) is 2.34. The molecule has 7 heteroatoms. The molecule has 3 nitrogen and oxygen atoms in total. The quantitative estimate of drug-likeness (QED) is 0.721. The third-order valence-electron chi connectivity index (χ3n) is 3.43. The molecule has 1 atom stereocenters. The highest BCUT2D eigenvalue weighted by Gasteiger charge is 2.26. The van der Waals surface area contributed by atoms with Crippen molar-refractivity contribution in [3.63, 3.8) is 0 Å². The number of hydrogen-bond acceptors (Lipinski definition) is 3. The molecule has 0 saturated carbocycles. The maximum Gasteiger partial charge on any atom is 0.136 e. The van der Waals surface area contributed by atoms with E-state index in [1.54, 1.807) is 6.07 Å². The average Bonchev–Trinajstić information content (AvgIpc) is 2.43. The van der Waals surface area contributed by atoms with E-state index in [4.69, 9.17) is 11.6 Å². The summed E-state index contributed by atoms with van der Waals surface area (Å²) in [5.41, 5.74) is 0.790. The van der Waals surface area contributed by atoms with Crippen molar-refractivity contribution in [2.24, 2.45) is 0 Å². The van der Waals surface area contributed by atoms with Gasteiger partial charge in [-0.15, -0.1) is 31.4 Å². The number of benzene rings is 1. The molecular weight excluding hydrogens is 398 g/mol. The number of aromatic hydroxyl groups is 1. The number of phenols is 1. The van der Waals surface area contributed by atoms with Gasteiger partial charge in [0.25, 0.3) is 0 Å². The van der Waals surface area contributed by atoms with E-state index >= 15 is 0 Å². The van der Waals surface area contributed by atoms with Crippen LogP contribution in [-0.4, -0.2) is 36.2 Å². The van der Waals surface area contributed by atoms with Crippen LogP contribution in [-0.2, 0) is 0 Å². The van der Waals surface area contributed by atoms with Gasteiger partial charge in [0.15, 0.2) is 0 Å². The van der Waals surface area contributed by atoms with Crippen molar-refractivity contribution in [2.45, 2.75) is 12.5 Å². The van der Waals surface area contributed by atoms with Crippen LogP contribution in [0.3, 0.4) is 0 Å². The maximum absolute atomic E-state index is 10.3. The molecule has 2 N–H and O–H groups in total. The fourth-order valence-corrected chi connectivity index (χ4v) is 3.10. The summed E-state index contributed by atoms with van der Waals surface area (Å²) in [6.07, 6.45) is 2.65. The highest BCUT2D eigenvalue weighted by molar-refractivity contribution is 9.10. The second-order valence-electron chi connectivity index (χ2n) is 4.62. The van der Waals surface area contributed by atoms with Crippen LogP contribution in [0.15, 0.2) is 29.3 Å². The van der Waals surface area contributed by atoms with Crippen LogP contribution in [0.1, 0.15) is 18.0 Å². The molecule has 1 aliphatic heterocycles.